The van der Waals surface area contributed by atoms with E-state index >= 15 is 0 Å². The van der Waals surface area contributed by atoms with Crippen molar-refractivity contribution in [2.75, 3.05) is 0 Å². The second-order valence-electron chi connectivity index (χ2n) is 2.93. The summed E-state index contributed by atoms with van der Waals surface area (Å²) in [6.45, 7) is -3.42. The lowest BCUT2D eigenvalue weighted by molar-refractivity contribution is -0.147. The average Bonchev–Trinajstić information content (AvgIpc) is 2.21. The van der Waals surface area contributed by atoms with E-state index in [1.807, 2.05) is 0 Å². The van der Waals surface area contributed by atoms with E-state index < -0.39 is 41.6 Å². The van der Waals surface area contributed by atoms with Crippen LogP contribution in [0.4, 0.5) is 17.6 Å². The van der Waals surface area contributed by atoms with E-state index in [1.165, 1.54) is 0 Å². The van der Waals surface area contributed by atoms with Crippen molar-refractivity contribution in [2.24, 2.45) is 0 Å². The lowest BCUT2D eigenvalue weighted by atomic mass is 10.1. The minimum atomic E-state index is -3.42. The zero-order valence-electron chi connectivity index (χ0n) is 8.03. The van der Waals surface area contributed by atoms with Crippen molar-refractivity contribution in [3.8, 4) is 5.75 Å². The molecule has 1 atom stereocenters. The number of carbonyl (C=O) groups is 1. The fourth-order valence-corrected chi connectivity index (χ4v) is 1.08. The monoisotopic (exact) mass is 254 g/mol. The fraction of sp³-hybridized carbons (Fsp3) is 0.222. The first kappa shape index (κ1) is 13.2. The van der Waals surface area contributed by atoms with E-state index in [2.05, 4.69) is 4.74 Å². The van der Waals surface area contributed by atoms with Gasteiger partial charge in [0.15, 0.2) is 23.5 Å². The molecule has 2 N–H and O–H groups in total. The van der Waals surface area contributed by atoms with Gasteiger partial charge in [-0.25, -0.2) is 13.6 Å². The van der Waals surface area contributed by atoms with Gasteiger partial charge in [-0.1, -0.05) is 0 Å². The lowest BCUT2D eigenvalue weighted by Gasteiger charge is -2.10. The lowest BCUT2D eigenvalue weighted by Crippen LogP contribution is -2.12. The van der Waals surface area contributed by atoms with E-state index in [4.69, 9.17) is 10.2 Å². The molecule has 1 rings (SSSR count). The predicted octanol–water partition coefficient (Wildman–Crippen LogP) is 1.68. The van der Waals surface area contributed by atoms with Crippen LogP contribution in [0.15, 0.2) is 12.1 Å². The van der Waals surface area contributed by atoms with Gasteiger partial charge in [0.2, 0.25) is 0 Å². The van der Waals surface area contributed by atoms with Crippen molar-refractivity contribution in [3.63, 3.8) is 0 Å². The molecular formula is C9H6F4O4. The Balaban J connectivity index is 3.13. The van der Waals surface area contributed by atoms with Crippen LogP contribution in [0.5, 0.6) is 5.75 Å². The Labute approximate surface area is 92.1 Å². The van der Waals surface area contributed by atoms with E-state index in [0.717, 1.165) is 0 Å². The first-order chi connectivity index (χ1) is 7.82. The third-order valence-electron chi connectivity index (χ3n) is 1.78. The fourth-order valence-electron chi connectivity index (χ4n) is 1.08. The Morgan fingerprint density at radius 1 is 1.24 bits per heavy atom. The normalized spacial score (nSPS) is 12.6. The van der Waals surface area contributed by atoms with Crippen molar-refractivity contribution in [1.29, 1.82) is 0 Å². The minimum absolute atomic E-state index is 0.402. The highest BCUT2D eigenvalue weighted by Gasteiger charge is 2.22. The van der Waals surface area contributed by atoms with E-state index in [1.54, 1.807) is 0 Å². The van der Waals surface area contributed by atoms with E-state index in [0.29, 0.717) is 12.1 Å². The topological polar surface area (TPSA) is 66.8 Å². The van der Waals surface area contributed by atoms with Crippen molar-refractivity contribution >= 4 is 5.97 Å². The number of carboxylic acid groups (broad SMARTS) is 1. The molecule has 0 fully saturated rings. The second kappa shape index (κ2) is 5.00. The molecule has 0 bridgehead atoms. The molecule has 1 aromatic rings. The molecule has 17 heavy (non-hydrogen) atoms. The standard InChI is InChI=1S/C9H6F4O4/c10-4-1-3(6(14)8(15)16)2-5(11)7(4)17-9(12)13/h1-2,6,9,14H,(H,15,16). The Morgan fingerprint density at radius 3 is 2.06 bits per heavy atom. The number of carboxylic acids is 1. The smallest absolute Gasteiger partial charge is 0.387 e. The summed E-state index contributed by atoms with van der Waals surface area (Å²) in [5, 5.41) is 17.4. The number of aliphatic hydroxyl groups excluding tert-OH is 1. The average molecular weight is 254 g/mol. The zero-order chi connectivity index (χ0) is 13.2. The van der Waals surface area contributed by atoms with Gasteiger partial charge in [0.1, 0.15) is 0 Å². The van der Waals surface area contributed by atoms with Crippen LogP contribution in [-0.2, 0) is 4.79 Å². The molecule has 0 radical (unpaired) electrons. The summed E-state index contributed by atoms with van der Waals surface area (Å²) >= 11 is 0. The number of hydrogen-bond donors (Lipinski definition) is 2. The maximum absolute atomic E-state index is 13.1. The Bertz CT molecular complexity index is 412. The summed E-state index contributed by atoms with van der Waals surface area (Å²) in [5.41, 5.74) is -0.617. The summed E-state index contributed by atoms with van der Waals surface area (Å²) in [6.07, 6.45) is -2.15. The Morgan fingerprint density at radius 2 is 1.71 bits per heavy atom. The Hall–Kier alpha value is -1.83. The van der Waals surface area contributed by atoms with Crippen LogP contribution < -0.4 is 4.74 Å². The van der Waals surface area contributed by atoms with Gasteiger partial charge in [-0.3, -0.25) is 0 Å². The molecule has 1 unspecified atom stereocenters. The van der Waals surface area contributed by atoms with Crippen molar-refractivity contribution in [1.82, 2.24) is 0 Å². The highest BCUT2D eigenvalue weighted by molar-refractivity contribution is 5.74. The molecular weight excluding hydrogens is 248 g/mol. The first-order valence-corrected chi connectivity index (χ1v) is 4.17. The number of halogens is 4. The van der Waals surface area contributed by atoms with Crippen LogP contribution in [-0.4, -0.2) is 22.8 Å². The Kier molecular flexibility index (Phi) is 3.89. The maximum Gasteiger partial charge on any atom is 0.387 e. The predicted molar refractivity (Wildman–Crippen MR) is 45.6 cm³/mol. The summed E-state index contributed by atoms with van der Waals surface area (Å²) in [6, 6.07) is 0.805. The van der Waals surface area contributed by atoms with Crippen LogP contribution in [0.3, 0.4) is 0 Å². The molecule has 0 aliphatic carbocycles. The molecule has 0 saturated carbocycles. The van der Waals surface area contributed by atoms with Gasteiger partial charge < -0.3 is 14.9 Å². The molecule has 4 nitrogen and oxygen atoms in total. The van der Waals surface area contributed by atoms with Gasteiger partial charge in [-0.2, -0.15) is 8.78 Å². The molecule has 1 aromatic carbocycles. The van der Waals surface area contributed by atoms with Gasteiger partial charge in [-0.15, -0.1) is 0 Å². The van der Waals surface area contributed by atoms with Gasteiger partial charge in [0.05, 0.1) is 0 Å². The number of rotatable bonds is 4. The quantitative estimate of drug-likeness (QED) is 0.802. The van der Waals surface area contributed by atoms with Gasteiger partial charge in [0.25, 0.3) is 0 Å². The highest BCUT2D eigenvalue weighted by atomic mass is 19.3. The second-order valence-corrected chi connectivity index (χ2v) is 2.93. The van der Waals surface area contributed by atoms with Gasteiger partial charge >= 0.3 is 12.6 Å². The molecule has 0 heterocycles. The van der Waals surface area contributed by atoms with Crippen LogP contribution in [0.25, 0.3) is 0 Å². The summed E-state index contributed by atoms with van der Waals surface area (Å²) in [7, 11) is 0. The van der Waals surface area contributed by atoms with E-state index in [9.17, 15) is 22.4 Å². The molecule has 0 amide bonds. The van der Waals surface area contributed by atoms with Crippen molar-refractivity contribution in [2.45, 2.75) is 12.7 Å². The maximum atomic E-state index is 13.1. The van der Waals surface area contributed by atoms with Crippen molar-refractivity contribution < 1.29 is 37.3 Å². The largest absolute Gasteiger partial charge is 0.479 e. The molecule has 0 saturated heterocycles. The molecule has 0 aliphatic heterocycles. The van der Waals surface area contributed by atoms with Crippen LogP contribution in [0.1, 0.15) is 11.7 Å². The molecule has 94 valence electrons. The molecule has 0 aliphatic rings. The van der Waals surface area contributed by atoms with Crippen molar-refractivity contribution in [3.05, 3.63) is 29.3 Å². The van der Waals surface area contributed by atoms with E-state index in [-0.39, 0.29) is 0 Å². The number of aliphatic hydroxyl groups is 1. The molecule has 8 heteroatoms. The number of ether oxygens (including phenoxy) is 1. The summed E-state index contributed by atoms with van der Waals surface area (Å²) < 4.78 is 53.3. The summed E-state index contributed by atoms with van der Waals surface area (Å²) in [5.74, 6) is -6.12. The van der Waals surface area contributed by atoms with Crippen LogP contribution in [0, 0.1) is 11.6 Å². The molecule has 0 aromatic heterocycles. The van der Waals surface area contributed by atoms with Crippen LogP contribution >= 0.6 is 0 Å². The SMILES string of the molecule is O=C(O)C(O)c1cc(F)c(OC(F)F)c(F)c1. The number of alkyl halides is 2. The van der Waals surface area contributed by atoms with Gasteiger partial charge in [0, 0.05) is 0 Å². The zero-order valence-corrected chi connectivity index (χ0v) is 8.03. The first-order valence-electron chi connectivity index (χ1n) is 4.17. The third kappa shape index (κ3) is 3.06. The molecule has 0 spiro atoms. The number of benzene rings is 1. The van der Waals surface area contributed by atoms with Gasteiger partial charge in [-0.05, 0) is 17.7 Å². The number of hydrogen-bond acceptors (Lipinski definition) is 3. The van der Waals surface area contributed by atoms with Crippen LogP contribution in [0.2, 0.25) is 0 Å². The highest BCUT2D eigenvalue weighted by Crippen LogP contribution is 2.27. The third-order valence-corrected chi connectivity index (χ3v) is 1.78. The number of aliphatic carboxylic acids is 1. The summed E-state index contributed by atoms with van der Waals surface area (Å²) in [4.78, 5) is 10.3. The minimum Gasteiger partial charge on any atom is -0.479 e.